The molecular formula is C27H26O10S. The van der Waals surface area contributed by atoms with E-state index in [4.69, 9.17) is 32.3 Å². The average molecular weight is 543 g/mol. The van der Waals surface area contributed by atoms with Crippen LogP contribution in [0.3, 0.4) is 0 Å². The van der Waals surface area contributed by atoms with Gasteiger partial charge in [0.15, 0.2) is 17.3 Å². The summed E-state index contributed by atoms with van der Waals surface area (Å²) in [6.07, 6.45) is 0. The second-order valence-corrected chi connectivity index (χ2v) is 9.60. The maximum Gasteiger partial charge on any atom is 0.339 e. The normalized spacial score (nSPS) is 11.2. The third kappa shape index (κ3) is 4.80. The summed E-state index contributed by atoms with van der Waals surface area (Å²) in [6, 6.07) is 12.0. The van der Waals surface area contributed by atoms with E-state index in [1.807, 2.05) is 6.92 Å². The molecule has 0 amide bonds. The first-order chi connectivity index (χ1) is 18.2. The minimum absolute atomic E-state index is 0.0291. The summed E-state index contributed by atoms with van der Waals surface area (Å²) in [5.74, 6) is 0.500. The highest BCUT2D eigenvalue weighted by molar-refractivity contribution is 7.87. The fraction of sp³-hybridized carbons (Fsp3) is 0.222. The van der Waals surface area contributed by atoms with Crippen LogP contribution in [0.2, 0.25) is 0 Å². The Bertz CT molecular complexity index is 1630. The van der Waals surface area contributed by atoms with Gasteiger partial charge >= 0.3 is 10.1 Å². The quantitative estimate of drug-likeness (QED) is 0.278. The number of aryl methyl sites for hydroxylation is 1. The highest BCUT2D eigenvalue weighted by Crippen LogP contribution is 2.44. The van der Waals surface area contributed by atoms with Crippen molar-refractivity contribution < 1.29 is 40.7 Å². The van der Waals surface area contributed by atoms with E-state index in [1.165, 1.54) is 71.9 Å². The summed E-state index contributed by atoms with van der Waals surface area (Å²) in [5, 5.41) is -0.0291. The summed E-state index contributed by atoms with van der Waals surface area (Å²) in [4.78, 5) is 13.7. The third-order valence-electron chi connectivity index (χ3n) is 5.78. The van der Waals surface area contributed by atoms with Gasteiger partial charge in [-0.2, -0.15) is 8.42 Å². The Morgan fingerprint density at radius 2 is 1.32 bits per heavy atom. The average Bonchev–Trinajstić information content (AvgIpc) is 2.92. The summed E-state index contributed by atoms with van der Waals surface area (Å²) in [6.45, 7) is 1.82. The van der Waals surface area contributed by atoms with Crippen LogP contribution in [0, 0.1) is 6.92 Å². The van der Waals surface area contributed by atoms with E-state index in [1.54, 1.807) is 12.1 Å². The van der Waals surface area contributed by atoms with Crippen LogP contribution in [-0.4, -0.2) is 44.0 Å². The molecule has 0 radical (unpaired) electrons. The first-order valence-corrected chi connectivity index (χ1v) is 12.6. The standard InChI is InChI=1S/C27H26O10S/c1-15-7-9-18(10-8-15)38(29,30)37-27-24(28)23-19(32-3)13-17(31-2)14-20(23)36-25(27)16-11-21(33-4)26(35-6)22(12-16)34-5/h7-14H,1-6H3. The van der Waals surface area contributed by atoms with Gasteiger partial charge in [0.2, 0.25) is 16.9 Å². The number of hydrogen-bond donors (Lipinski definition) is 0. The van der Waals surface area contributed by atoms with Crippen LogP contribution in [-0.2, 0) is 10.1 Å². The molecule has 0 spiro atoms. The van der Waals surface area contributed by atoms with Crippen LogP contribution in [0.1, 0.15) is 5.56 Å². The molecule has 0 aliphatic heterocycles. The summed E-state index contributed by atoms with van der Waals surface area (Å²) >= 11 is 0. The lowest BCUT2D eigenvalue weighted by Crippen LogP contribution is -2.17. The molecule has 1 heterocycles. The molecule has 0 saturated carbocycles. The Morgan fingerprint density at radius 1 is 0.711 bits per heavy atom. The lowest BCUT2D eigenvalue weighted by atomic mass is 10.1. The Kier molecular flexibility index (Phi) is 7.40. The molecule has 0 aliphatic rings. The van der Waals surface area contributed by atoms with Gasteiger partial charge in [0.05, 0.1) is 35.5 Å². The van der Waals surface area contributed by atoms with Crippen molar-refractivity contribution in [1.82, 2.24) is 0 Å². The van der Waals surface area contributed by atoms with Crippen LogP contribution in [0.15, 0.2) is 62.6 Å². The fourth-order valence-corrected chi connectivity index (χ4v) is 4.80. The molecular weight excluding hydrogens is 516 g/mol. The van der Waals surface area contributed by atoms with E-state index in [2.05, 4.69) is 0 Å². The second kappa shape index (κ2) is 10.5. The number of ether oxygens (including phenoxy) is 5. The van der Waals surface area contributed by atoms with E-state index in [-0.39, 0.29) is 44.4 Å². The van der Waals surface area contributed by atoms with Crippen LogP contribution < -0.4 is 33.3 Å². The Labute approximate surface area is 219 Å². The SMILES string of the molecule is COc1cc(OC)c2c(=O)c(OS(=O)(=O)c3ccc(C)cc3)c(-c3cc(OC)c(OC)c(OC)c3)oc2c1. The number of rotatable bonds is 9. The molecule has 1 aromatic heterocycles. The highest BCUT2D eigenvalue weighted by atomic mass is 32.2. The van der Waals surface area contributed by atoms with E-state index < -0.39 is 21.3 Å². The second-order valence-electron chi connectivity index (χ2n) is 8.06. The largest absolute Gasteiger partial charge is 0.496 e. The molecule has 3 aromatic carbocycles. The Hall–Kier alpha value is -4.38. The number of hydrogen-bond acceptors (Lipinski definition) is 10. The molecule has 0 aliphatic carbocycles. The van der Waals surface area contributed by atoms with Gasteiger partial charge < -0.3 is 32.3 Å². The van der Waals surface area contributed by atoms with Gasteiger partial charge in [-0.25, -0.2) is 0 Å². The van der Waals surface area contributed by atoms with Gasteiger partial charge in [0.1, 0.15) is 27.4 Å². The number of methoxy groups -OCH3 is 5. The lowest BCUT2D eigenvalue weighted by Gasteiger charge is -2.16. The molecule has 0 saturated heterocycles. The molecule has 0 unspecified atom stereocenters. The zero-order valence-corrected chi connectivity index (χ0v) is 22.4. The molecule has 11 heteroatoms. The predicted molar refractivity (Wildman–Crippen MR) is 140 cm³/mol. The Morgan fingerprint density at radius 3 is 1.84 bits per heavy atom. The minimum atomic E-state index is -4.44. The van der Waals surface area contributed by atoms with Gasteiger partial charge in [-0.1, -0.05) is 17.7 Å². The lowest BCUT2D eigenvalue weighted by molar-refractivity contribution is 0.324. The molecule has 0 N–H and O–H groups in total. The smallest absolute Gasteiger partial charge is 0.339 e. The maximum atomic E-state index is 13.8. The third-order valence-corrected chi connectivity index (χ3v) is 7.01. The van der Waals surface area contributed by atoms with Crippen molar-refractivity contribution in [1.29, 1.82) is 0 Å². The maximum absolute atomic E-state index is 13.8. The van der Waals surface area contributed by atoms with Crippen LogP contribution in [0.5, 0.6) is 34.5 Å². The molecule has 0 fully saturated rings. The van der Waals surface area contributed by atoms with Crippen molar-refractivity contribution in [3.8, 4) is 45.8 Å². The van der Waals surface area contributed by atoms with Crippen molar-refractivity contribution in [2.24, 2.45) is 0 Å². The first kappa shape index (κ1) is 26.7. The first-order valence-electron chi connectivity index (χ1n) is 11.2. The van der Waals surface area contributed by atoms with Gasteiger partial charge in [-0.3, -0.25) is 4.79 Å². The van der Waals surface area contributed by atoms with Crippen molar-refractivity contribution in [2.75, 3.05) is 35.5 Å². The molecule has 10 nitrogen and oxygen atoms in total. The van der Waals surface area contributed by atoms with Gasteiger partial charge in [0.25, 0.3) is 0 Å². The monoisotopic (exact) mass is 542 g/mol. The van der Waals surface area contributed by atoms with Crippen molar-refractivity contribution in [3.63, 3.8) is 0 Å². The van der Waals surface area contributed by atoms with Crippen molar-refractivity contribution in [2.45, 2.75) is 11.8 Å². The molecule has 4 rings (SSSR count). The van der Waals surface area contributed by atoms with E-state index >= 15 is 0 Å². The van der Waals surface area contributed by atoms with Crippen LogP contribution >= 0.6 is 0 Å². The topological polar surface area (TPSA) is 120 Å². The van der Waals surface area contributed by atoms with E-state index in [0.717, 1.165) is 5.56 Å². The van der Waals surface area contributed by atoms with Gasteiger partial charge in [-0.05, 0) is 31.2 Å². The van der Waals surface area contributed by atoms with E-state index in [0.29, 0.717) is 11.5 Å². The van der Waals surface area contributed by atoms with Crippen LogP contribution in [0.25, 0.3) is 22.3 Å². The summed E-state index contributed by atoms with van der Waals surface area (Å²) < 4.78 is 65.0. The number of fused-ring (bicyclic) bond motifs is 1. The molecule has 200 valence electrons. The van der Waals surface area contributed by atoms with Gasteiger partial charge in [0, 0.05) is 17.7 Å². The predicted octanol–water partition coefficient (Wildman–Crippen LogP) is 4.58. The Balaban J connectivity index is 2.07. The summed E-state index contributed by atoms with van der Waals surface area (Å²) in [5.41, 5.74) is 0.389. The van der Waals surface area contributed by atoms with Gasteiger partial charge in [-0.15, -0.1) is 0 Å². The van der Waals surface area contributed by atoms with E-state index in [9.17, 15) is 13.2 Å². The van der Waals surface area contributed by atoms with Crippen molar-refractivity contribution >= 4 is 21.1 Å². The van der Waals surface area contributed by atoms with Crippen molar-refractivity contribution in [3.05, 3.63) is 64.3 Å². The summed E-state index contributed by atoms with van der Waals surface area (Å²) in [7, 11) is 2.66. The molecule has 4 aromatic rings. The zero-order valence-electron chi connectivity index (χ0n) is 21.6. The molecule has 0 bridgehead atoms. The van der Waals surface area contributed by atoms with Crippen LogP contribution in [0.4, 0.5) is 0 Å². The molecule has 38 heavy (non-hydrogen) atoms. The highest BCUT2D eigenvalue weighted by Gasteiger charge is 2.28. The zero-order chi connectivity index (χ0) is 27.6. The minimum Gasteiger partial charge on any atom is -0.496 e. The number of benzene rings is 3. The fourth-order valence-electron chi connectivity index (χ4n) is 3.86. The molecule has 0 atom stereocenters.